The first-order valence-corrected chi connectivity index (χ1v) is 9.90. The summed E-state index contributed by atoms with van der Waals surface area (Å²) in [4.78, 5) is 17.2. The van der Waals surface area contributed by atoms with Crippen LogP contribution < -0.4 is 5.56 Å². The minimum absolute atomic E-state index is 0.0663. The van der Waals surface area contributed by atoms with E-state index in [1.807, 2.05) is 0 Å². The quantitative estimate of drug-likeness (QED) is 0.788. The van der Waals surface area contributed by atoms with Gasteiger partial charge in [0.25, 0.3) is 5.56 Å². The van der Waals surface area contributed by atoms with Gasteiger partial charge in [-0.3, -0.25) is 9.69 Å². The van der Waals surface area contributed by atoms with E-state index >= 15 is 0 Å². The van der Waals surface area contributed by atoms with Gasteiger partial charge in [0.05, 0.1) is 18.8 Å². The number of hydrogen-bond donors (Lipinski definition) is 0. The van der Waals surface area contributed by atoms with E-state index in [-0.39, 0.29) is 5.56 Å². The lowest BCUT2D eigenvalue weighted by atomic mass is 10.0. The van der Waals surface area contributed by atoms with Crippen LogP contribution in [0, 0.1) is 5.92 Å². The molecule has 2 fully saturated rings. The maximum Gasteiger partial charge on any atom is 0.267 e. The lowest BCUT2D eigenvalue weighted by molar-refractivity contribution is 0.0283. The highest BCUT2D eigenvalue weighted by molar-refractivity contribution is 5.22. The van der Waals surface area contributed by atoms with Crippen molar-refractivity contribution in [1.29, 1.82) is 0 Å². The predicted octanol–water partition coefficient (Wildman–Crippen LogP) is 0.776. The standard InChI is InChI=1S/C19H30N4O2/c24-19-13-17-4-1-5-18(17)20-23(19)11-10-21-6-8-22(9-7-21)14-16-3-2-12-25-15-16/h13,16H,1-12,14-15H2. The Balaban J connectivity index is 1.23. The highest BCUT2D eigenvalue weighted by atomic mass is 16.5. The molecule has 1 unspecified atom stereocenters. The van der Waals surface area contributed by atoms with Crippen LogP contribution in [0.25, 0.3) is 0 Å². The molecule has 1 atom stereocenters. The van der Waals surface area contributed by atoms with E-state index in [1.54, 1.807) is 10.7 Å². The fraction of sp³-hybridized carbons (Fsp3) is 0.789. The first-order valence-electron chi connectivity index (χ1n) is 9.90. The zero-order chi connectivity index (χ0) is 17.1. The van der Waals surface area contributed by atoms with Gasteiger partial charge in [0.2, 0.25) is 0 Å². The number of aryl methyl sites for hydroxylation is 2. The normalized spacial score (nSPS) is 25.2. The van der Waals surface area contributed by atoms with Crippen molar-refractivity contribution in [2.45, 2.75) is 38.6 Å². The molecule has 25 heavy (non-hydrogen) atoms. The van der Waals surface area contributed by atoms with E-state index < -0.39 is 0 Å². The van der Waals surface area contributed by atoms with Crippen molar-refractivity contribution in [3.8, 4) is 0 Å². The van der Waals surface area contributed by atoms with Gasteiger partial charge < -0.3 is 9.64 Å². The lowest BCUT2D eigenvalue weighted by Gasteiger charge is -2.37. The number of piperazine rings is 1. The molecule has 0 radical (unpaired) electrons. The van der Waals surface area contributed by atoms with Crippen LogP contribution in [-0.2, 0) is 24.1 Å². The molecule has 2 saturated heterocycles. The average Bonchev–Trinajstić information content (AvgIpc) is 3.09. The van der Waals surface area contributed by atoms with Crippen LogP contribution >= 0.6 is 0 Å². The van der Waals surface area contributed by atoms with Gasteiger partial charge in [0.15, 0.2) is 0 Å². The Morgan fingerprint density at radius 2 is 1.92 bits per heavy atom. The van der Waals surface area contributed by atoms with Crippen LogP contribution in [0.3, 0.4) is 0 Å². The highest BCUT2D eigenvalue weighted by Crippen LogP contribution is 2.17. The van der Waals surface area contributed by atoms with Gasteiger partial charge in [-0.15, -0.1) is 0 Å². The van der Waals surface area contributed by atoms with Gasteiger partial charge in [-0.25, -0.2) is 4.68 Å². The largest absolute Gasteiger partial charge is 0.381 e. The minimum atomic E-state index is 0.0663. The molecule has 0 saturated carbocycles. The Kier molecular flexibility index (Phi) is 5.48. The van der Waals surface area contributed by atoms with E-state index in [2.05, 4.69) is 14.9 Å². The fourth-order valence-electron chi connectivity index (χ4n) is 4.35. The van der Waals surface area contributed by atoms with Crippen LogP contribution in [0.1, 0.15) is 30.5 Å². The molecular formula is C19H30N4O2. The summed E-state index contributed by atoms with van der Waals surface area (Å²) in [7, 11) is 0. The van der Waals surface area contributed by atoms with E-state index in [1.165, 1.54) is 24.9 Å². The molecule has 6 heteroatoms. The van der Waals surface area contributed by atoms with Crippen molar-refractivity contribution < 1.29 is 4.74 Å². The number of rotatable bonds is 5. The van der Waals surface area contributed by atoms with Crippen molar-refractivity contribution in [1.82, 2.24) is 19.6 Å². The second-order valence-electron chi connectivity index (χ2n) is 7.76. The molecule has 0 N–H and O–H groups in total. The Morgan fingerprint density at radius 3 is 2.72 bits per heavy atom. The Bertz CT molecular complexity index is 631. The molecule has 3 aliphatic rings. The first-order chi connectivity index (χ1) is 12.3. The lowest BCUT2D eigenvalue weighted by Crippen LogP contribution is -2.49. The maximum atomic E-state index is 12.2. The Hall–Kier alpha value is -1.24. The highest BCUT2D eigenvalue weighted by Gasteiger charge is 2.22. The van der Waals surface area contributed by atoms with Crippen LogP contribution in [0.15, 0.2) is 10.9 Å². The number of nitrogens with zero attached hydrogens (tertiary/aromatic N) is 4. The molecule has 1 aromatic heterocycles. The second-order valence-corrected chi connectivity index (χ2v) is 7.76. The van der Waals surface area contributed by atoms with E-state index in [0.717, 1.165) is 76.8 Å². The van der Waals surface area contributed by atoms with E-state index in [9.17, 15) is 4.79 Å². The Labute approximate surface area is 149 Å². The average molecular weight is 346 g/mol. The molecule has 1 aliphatic carbocycles. The zero-order valence-electron chi connectivity index (χ0n) is 15.2. The molecule has 0 aromatic carbocycles. The summed E-state index contributed by atoms with van der Waals surface area (Å²) in [5.74, 6) is 0.717. The van der Waals surface area contributed by atoms with Crippen LogP contribution in [0.2, 0.25) is 0 Å². The van der Waals surface area contributed by atoms with Gasteiger partial charge >= 0.3 is 0 Å². The minimum Gasteiger partial charge on any atom is -0.381 e. The molecular weight excluding hydrogens is 316 g/mol. The Morgan fingerprint density at radius 1 is 1.08 bits per heavy atom. The van der Waals surface area contributed by atoms with Crippen LogP contribution in [0.4, 0.5) is 0 Å². The summed E-state index contributed by atoms with van der Waals surface area (Å²) in [5.41, 5.74) is 2.37. The molecule has 3 heterocycles. The molecule has 0 spiro atoms. The van der Waals surface area contributed by atoms with Crippen molar-refractivity contribution in [2.75, 3.05) is 52.5 Å². The monoisotopic (exact) mass is 346 g/mol. The molecule has 1 aromatic rings. The molecule has 6 nitrogen and oxygen atoms in total. The van der Waals surface area contributed by atoms with Gasteiger partial charge in [-0.1, -0.05) is 0 Å². The fourth-order valence-corrected chi connectivity index (χ4v) is 4.35. The summed E-state index contributed by atoms with van der Waals surface area (Å²) < 4.78 is 7.28. The van der Waals surface area contributed by atoms with Crippen molar-refractivity contribution >= 4 is 0 Å². The summed E-state index contributed by atoms with van der Waals surface area (Å²) in [5, 5.41) is 4.58. The SMILES string of the molecule is O=c1cc2c(nn1CCN1CCN(CC3CCCOC3)CC1)CCC2. The summed E-state index contributed by atoms with van der Waals surface area (Å²) in [6.07, 6.45) is 5.71. The van der Waals surface area contributed by atoms with Gasteiger partial charge in [0.1, 0.15) is 0 Å². The number of hydrogen-bond acceptors (Lipinski definition) is 5. The van der Waals surface area contributed by atoms with Gasteiger partial charge in [-0.2, -0.15) is 5.10 Å². The summed E-state index contributed by atoms with van der Waals surface area (Å²) >= 11 is 0. The van der Waals surface area contributed by atoms with Crippen molar-refractivity contribution in [2.24, 2.45) is 5.92 Å². The zero-order valence-corrected chi connectivity index (χ0v) is 15.2. The third-order valence-corrected chi connectivity index (χ3v) is 5.89. The van der Waals surface area contributed by atoms with Crippen LogP contribution in [-0.4, -0.2) is 72.1 Å². The number of ether oxygens (including phenoxy) is 1. The maximum absolute atomic E-state index is 12.2. The summed E-state index contributed by atoms with van der Waals surface area (Å²) in [6.45, 7) is 9.13. The summed E-state index contributed by atoms with van der Waals surface area (Å²) in [6, 6.07) is 1.81. The topological polar surface area (TPSA) is 50.6 Å². The van der Waals surface area contributed by atoms with Crippen molar-refractivity contribution in [3.63, 3.8) is 0 Å². The molecule has 0 amide bonds. The van der Waals surface area contributed by atoms with Gasteiger partial charge in [-0.05, 0) is 43.6 Å². The van der Waals surface area contributed by atoms with Crippen molar-refractivity contribution in [3.05, 3.63) is 27.7 Å². The second kappa shape index (κ2) is 7.98. The first kappa shape index (κ1) is 17.2. The van der Waals surface area contributed by atoms with Crippen LogP contribution in [0.5, 0.6) is 0 Å². The van der Waals surface area contributed by atoms with E-state index in [0.29, 0.717) is 6.54 Å². The molecule has 138 valence electrons. The smallest absolute Gasteiger partial charge is 0.267 e. The predicted molar refractivity (Wildman–Crippen MR) is 96.9 cm³/mol. The van der Waals surface area contributed by atoms with Gasteiger partial charge in [0, 0.05) is 51.9 Å². The molecule has 0 bridgehead atoms. The molecule has 2 aliphatic heterocycles. The van der Waals surface area contributed by atoms with E-state index in [4.69, 9.17) is 4.74 Å². The third-order valence-electron chi connectivity index (χ3n) is 5.89. The molecule has 4 rings (SSSR count). The third kappa shape index (κ3) is 4.30. The number of fused-ring (bicyclic) bond motifs is 1. The number of aromatic nitrogens is 2.